The van der Waals surface area contributed by atoms with Gasteiger partial charge in [-0.2, -0.15) is 0 Å². The minimum atomic E-state index is -0.920. The number of carboxylic acids is 1. The Hall–Kier alpha value is -3.52. The lowest BCUT2D eigenvalue weighted by Crippen LogP contribution is -2.29. The molecule has 2 fully saturated rings. The summed E-state index contributed by atoms with van der Waals surface area (Å²) in [4.78, 5) is 25.0. The molecule has 2 unspecified atom stereocenters. The second-order valence-corrected chi connectivity index (χ2v) is 11.2. The number of amides is 1. The molecule has 1 aliphatic heterocycles. The fourth-order valence-corrected chi connectivity index (χ4v) is 5.91. The molecule has 1 aromatic heterocycles. The number of nitrogens with zero attached hydrogens (tertiary/aromatic N) is 1. The Kier molecular flexibility index (Phi) is 8.94. The van der Waals surface area contributed by atoms with Gasteiger partial charge in [0, 0.05) is 42.4 Å². The molecule has 1 saturated heterocycles. The molecule has 8 heteroatoms. The van der Waals surface area contributed by atoms with Crippen molar-refractivity contribution in [1.29, 1.82) is 0 Å². The predicted molar refractivity (Wildman–Crippen MR) is 154 cm³/mol. The minimum absolute atomic E-state index is 0.00347. The van der Waals surface area contributed by atoms with Gasteiger partial charge in [0.15, 0.2) is 0 Å². The molecule has 0 spiro atoms. The Morgan fingerprint density at radius 2 is 1.85 bits per heavy atom. The van der Waals surface area contributed by atoms with Crippen LogP contribution in [0.5, 0.6) is 5.75 Å². The van der Waals surface area contributed by atoms with Crippen LogP contribution < -0.4 is 10.1 Å². The highest BCUT2D eigenvalue weighted by Gasteiger charge is 2.30. The van der Waals surface area contributed by atoms with E-state index >= 15 is 0 Å². The van der Waals surface area contributed by atoms with Gasteiger partial charge in [0.05, 0.1) is 18.6 Å². The Morgan fingerprint density at radius 3 is 2.55 bits per heavy atom. The van der Waals surface area contributed by atoms with Crippen LogP contribution >= 0.6 is 0 Å². The van der Waals surface area contributed by atoms with Crippen molar-refractivity contribution in [3.8, 4) is 5.75 Å². The van der Waals surface area contributed by atoms with Crippen LogP contribution in [-0.4, -0.2) is 54.8 Å². The molecule has 0 radical (unpaired) electrons. The highest BCUT2D eigenvalue weighted by Crippen LogP contribution is 2.41. The van der Waals surface area contributed by atoms with Crippen molar-refractivity contribution >= 4 is 28.5 Å². The molecule has 3 aromatic rings. The molecule has 2 N–H and O–H groups in total. The molecular formula is C32H40N2O6. The lowest BCUT2D eigenvalue weighted by molar-refractivity contribution is -0.137. The molecule has 2 aromatic carbocycles. The summed E-state index contributed by atoms with van der Waals surface area (Å²) >= 11 is 0. The molecule has 40 heavy (non-hydrogen) atoms. The third-order valence-electron chi connectivity index (χ3n) is 8.27. The van der Waals surface area contributed by atoms with E-state index < -0.39 is 5.97 Å². The van der Waals surface area contributed by atoms with E-state index in [1.54, 1.807) is 19.2 Å². The van der Waals surface area contributed by atoms with E-state index in [9.17, 15) is 9.59 Å². The van der Waals surface area contributed by atoms with Gasteiger partial charge in [0.2, 0.25) is 0 Å². The van der Waals surface area contributed by atoms with Gasteiger partial charge in [-0.05, 0) is 81.0 Å². The number of carbonyl (C=O) groups is 2. The lowest BCUT2D eigenvalue weighted by Gasteiger charge is -2.31. The van der Waals surface area contributed by atoms with E-state index in [-0.39, 0.29) is 31.0 Å². The summed E-state index contributed by atoms with van der Waals surface area (Å²) in [6.45, 7) is 3.67. The Morgan fingerprint density at radius 1 is 1.07 bits per heavy atom. The second-order valence-electron chi connectivity index (χ2n) is 11.2. The average molecular weight is 549 g/mol. The first-order valence-electron chi connectivity index (χ1n) is 14.5. The molecule has 2 aliphatic rings. The van der Waals surface area contributed by atoms with Gasteiger partial charge in [0.25, 0.3) is 5.91 Å². The summed E-state index contributed by atoms with van der Waals surface area (Å²) in [5.74, 6) is 1.10. The number of hydrogen-bond acceptors (Lipinski definition) is 6. The van der Waals surface area contributed by atoms with E-state index in [2.05, 4.69) is 18.3 Å². The SMILES string of the molecule is Cc1c(C(Nc2ccc(C(=O)N(C)CCC(=O)O)cc2)C2CCCCC2)oc2ccc(OCC3CCCO3)cc12. The van der Waals surface area contributed by atoms with Crippen molar-refractivity contribution in [2.24, 2.45) is 5.92 Å². The number of aliphatic carboxylic acids is 1. The number of fused-ring (bicyclic) bond motifs is 1. The molecule has 2 atom stereocenters. The number of carboxylic acid groups (broad SMARTS) is 1. The number of nitrogens with one attached hydrogen (secondary N) is 1. The van der Waals surface area contributed by atoms with Gasteiger partial charge in [-0.3, -0.25) is 9.59 Å². The maximum Gasteiger partial charge on any atom is 0.305 e. The normalized spacial score (nSPS) is 18.5. The highest BCUT2D eigenvalue weighted by molar-refractivity contribution is 5.94. The van der Waals surface area contributed by atoms with E-state index in [1.807, 2.05) is 24.3 Å². The maximum absolute atomic E-state index is 12.7. The molecule has 1 aliphatic carbocycles. The predicted octanol–water partition coefficient (Wildman–Crippen LogP) is 6.58. The molecular weight excluding hydrogens is 508 g/mol. The zero-order valence-electron chi connectivity index (χ0n) is 23.5. The van der Waals surface area contributed by atoms with Crippen molar-refractivity contribution in [3.63, 3.8) is 0 Å². The number of aryl methyl sites for hydroxylation is 1. The maximum atomic E-state index is 12.7. The number of furan rings is 1. The zero-order valence-corrected chi connectivity index (χ0v) is 23.5. The molecule has 8 nitrogen and oxygen atoms in total. The van der Waals surface area contributed by atoms with E-state index in [1.165, 1.54) is 24.2 Å². The van der Waals surface area contributed by atoms with Crippen LogP contribution in [0.1, 0.15) is 79.1 Å². The van der Waals surface area contributed by atoms with Crippen molar-refractivity contribution in [1.82, 2.24) is 4.90 Å². The van der Waals surface area contributed by atoms with Crippen molar-refractivity contribution in [3.05, 3.63) is 59.4 Å². The fourth-order valence-electron chi connectivity index (χ4n) is 5.91. The standard InChI is InChI=1S/C32H40N2O6/c1-21-27-19-25(39-20-26-9-6-18-38-26)14-15-28(27)40-31(21)30(22-7-4-3-5-8-22)33-24-12-10-23(11-13-24)32(37)34(2)17-16-29(35)36/h10-15,19,22,26,30,33H,3-9,16-18,20H2,1-2H3,(H,35,36). The van der Waals surface area contributed by atoms with Crippen molar-refractivity contribution in [2.45, 2.75) is 70.4 Å². The first-order chi connectivity index (χ1) is 19.4. The largest absolute Gasteiger partial charge is 0.491 e. The van der Waals surface area contributed by atoms with Gasteiger partial charge in [-0.1, -0.05) is 19.3 Å². The number of carbonyl (C=O) groups excluding carboxylic acids is 1. The third-order valence-corrected chi connectivity index (χ3v) is 8.27. The second kappa shape index (κ2) is 12.8. The Bertz CT molecular complexity index is 1300. The van der Waals surface area contributed by atoms with Crippen LogP contribution in [0.15, 0.2) is 46.9 Å². The summed E-state index contributed by atoms with van der Waals surface area (Å²) in [7, 11) is 1.62. The molecule has 5 rings (SSSR count). The first kappa shape index (κ1) is 28.0. The number of anilines is 1. The van der Waals surface area contributed by atoms with Gasteiger partial charge < -0.3 is 29.2 Å². The van der Waals surface area contributed by atoms with E-state index in [0.29, 0.717) is 18.1 Å². The zero-order chi connectivity index (χ0) is 28.1. The van der Waals surface area contributed by atoms with Crippen molar-refractivity contribution in [2.75, 3.05) is 32.1 Å². The van der Waals surface area contributed by atoms with Gasteiger partial charge in [-0.15, -0.1) is 0 Å². The first-order valence-corrected chi connectivity index (χ1v) is 14.5. The minimum Gasteiger partial charge on any atom is -0.491 e. The molecule has 214 valence electrons. The van der Waals surface area contributed by atoms with Crippen LogP contribution in [0.2, 0.25) is 0 Å². The van der Waals surface area contributed by atoms with Crippen LogP contribution in [-0.2, 0) is 9.53 Å². The lowest BCUT2D eigenvalue weighted by atomic mass is 9.82. The number of hydrogen-bond donors (Lipinski definition) is 2. The third kappa shape index (κ3) is 6.61. The van der Waals surface area contributed by atoms with Gasteiger partial charge in [-0.25, -0.2) is 0 Å². The summed E-state index contributed by atoms with van der Waals surface area (Å²) in [5, 5.41) is 13.7. The Balaban J connectivity index is 1.35. The van der Waals surface area contributed by atoms with Crippen LogP contribution in [0.4, 0.5) is 5.69 Å². The van der Waals surface area contributed by atoms with E-state index in [0.717, 1.165) is 66.0 Å². The van der Waals surface area contributed by atoms with Crippen molar-refractivity contribution < 1.29 is 28.6 Å². The topological polar surface area (TPSA) is 101 Å². The quantitative estimate of drug-likeness (QED) is 0.279. The number of benzene rings is 2. The highest BCUT2D eigenvalue weighted by atomic mass is 16.5. The number of rotatable bonds is 11. The Labute approximate surface area is 235 Å². The molecule has 2 heterocycles. The summed E-state index contributed by atoms with van der Waals surface area (Å²) in [5.41, 5.74) is 3.42. The number of ether oxygens (including phenoxy) is 2. The molecule has 0 bridgehead atoms. The molecule has 1 amide bonds. The van der Waals surface area contributed by atoms with Gasteiger partial charge >= 0.3 is 5.97 Å². The van der Waals surface area contributed by atoms with E-state index in [4.69, 9.17) is 19.0 Å². The average Bonchev–Trinajstić information content (AvgIpc) is 3.61. The summed E-state index contributed by atoms with van der Waals surface area (Å²) < 4.78 is 18.3. The fraction of sp³-hybridized carbons (Fsp3) is 0.500. The van der Waals surface area contributed by atoms with Crippen LogP contribution in [0, 0.1) is 12.8 Å². The monoisotopic (exact) mass is 548 g/mol. The van der Waals surface area contributed by atoms with Gasteiger partial charge in [0.1, 0.15) is 23.7 Å². The molecule has 1 saturated carbocycles. The summed E-state index contributed by atoms with van der Waals surface area (Å²) in [6, 6.07) is 13.5. The van der Waals surface area contributed by atoms with Crippen LogP contribution in [0.3, 0.4) is 0 Å². The smallest absolute Gasteiger partial charge is 0.305 e. The van der Waals surface area contributed by atoms with Crippen LogP contribution in [0.25, 0.3) is 11.0 Å². The summed E-state index contributed by atoms with van der Waals surface area (Å²) in [6.07, 6.45) is 8.17.